The van der Waals surface area contributed by atoms with Gasteiger partial charge in [-0.05, 0) is 25.2 Å². The van der Waals surface area contributed by atoms with Gasteiger partial charge in [0.25, 0.3) is 11.8 Å². The van der Waals surface area contributed by atoms with E-state index in [1.165, 1.54) is 23.8 Å². The average Bonchev–Trinajstić information content (AvgIpc) is 2.68. The van der Waals surface area contributed by atoms with Crippen molar-refractivity contribution in [3.63, 3.8) is 0 Å². The second-order valence-corrected chi connectivity index (χ2v) is 5.07. The van der Waals surface area contributed by atoms with Gasteiger partial charge in [-0.15, -0.1) is 0 Å². The SMILES string of the molecule is CC1=CC(=O)N(CC2(C)CCCC2)C1=O. The molecule has 0 aromatic heterocycles. The van der Waals surface area contributed by atoms with Crippen LogP contribution in [0.15, 0.2) is 11.6 Å². The first kappa shape index (κ1) is 10.4. The summed E-state index contributed by atoms with van der Waals surface area (Å²) in [7, 11) is 0. The molecule has 1 fully saturated rings. The van der Waals surface area contributed by atoms with E-state index in [1.54, 1.807) is 6.92 Å². The zero-order valence-electron chi connectivity index (χ0n) is 9.38. The van der Waals surface area contributed by atoms with Gasteiger partial charge in [0.2, 0.25) is 0 Å². The second-order valence-electron chi connectivity index (χ2n) is 5.07. The summed E-state index contributed by atoms with van der Waals surface area (Å²) in [6.07, 6.45) is 6.14. The highest BCUT2D eigenvalue weighted by molar-refractivity contribution is 6.15. The average molecular weight is 207 g/mol. The van der Waals surface area contributed by atoms with E-state index in [2.05, 4.69) is 6.92 Å². The zero-order chi connectivity index (χ0) is 11.1. The number of nitrogens with zero attached hydrogens (tertiary/aromatic N) is 1. The first-order valence-corrected chi connectivity index (χ1v) is 5.56. The van der Waals surface area contributed by atoms with Crippen molar-refractivity contribution in [2.24, 2.45) is 5.41 Å². The third-order valence-corrected chi connectivity index (χ3v) is 3.54. The van der Waals surface area contributed by atoms with Crippen LogP contribution in [0, 0.1) is 5.41 Å². The summed E-state index contributed by atoms with van der Waals surface area (Å²) in [5, 5.41) is 0. The Bertz CT molecular complexity index is 338. The van der Waals surface area contributed by atoms with Crippen molar-refractivity contribution in [1.29, 1.82) is 0 Å². The lowest BCUT2D eigenvalue weighted by molar-refractivity contribution is -0.138. The Morgan fingerprint density at radius 2 is 1.93 bits per heavy atom. The number of hydrogen-bond acceptors (Lipinski definition) is 2. The summed E-state index contributed by atoms with van der Waals surface area (Å²) in [5.41, 5.74) is 0.727. The molecule has 0 radical (unpaired) electrons. The monoisotopic (exact) mass is 207 g/mol. The van der Waals surface area contributed by atoms with E-state index in [0.717, 1.165) is 12.8 Å². The minimum absolute atomic E-state index is 0.104. The van der Waals surface area contributed by atoms with Gasteiger partial charge in [0.05, 0.1) is 0 Å². The smallest absolute Gasteiger partial charge is 0.256 e. The number of imide groups is 1. The van der Waals surface area contributed by atoms with Crippen molar-refractivity contribution in [2.45, 2.75) is 39.5 Å². The van der Waals surface area contributed by atoms with Crippen LogP contribution in [-0.4, -0.2) is 23.3 Å². The Kier molecular flexibility index (Phi) is 2.41. The van der Waals surface area contributed by atoms with Crippen LogP contribution in [0.5, 0.6) is 0 Å². The topological polar surface area (TPSA) is 37.4 Å². The Hall–Kier alpha value is -1.12. The van der Waals surface area contributed by atoms with Crippen molar-refractivity contribution in [3.8, 4) is 0 Å². The van der Waals surface area contributed by atoms with Gasteiger partial charge in [-0.3, -0.25) is 14.5 Å². The van der Waals surface area contributed by atoms with E-state index in [0.29, 0.717) is 12.1 Å². The number of carbonyl (C=O) groups is 2. The third-order valence-electron chi connectivity index (χ3n) is 3.54. The minimum Gasteiger partial charge on any atom is -0.275 e. The molecule has 0 saturated heterocycles. The van der Waals surface area contributed by atoms with E-state index >= 15 is 0 Å². The summed E-state index contributed by atoms with van der Waals surface area (Å²) < 4.78 is 0. The molecule has 1 aliphatic carbocycles. The standard InChI is InChI=1S/C12H17NO2/c1-9-7-10(14)13(11(9)15)8-12(2)5-3-4-6-12/h7H,3-6,8H2,1-2H3. The van der Waals surface area contributed by atoms with Gasteiger partial charge in [-0.25, -0.2) is 0 Å². The quantitative estimate of drug-likeness (QED) is 0.648. The fourth-order valence-electron chi connectivity index (χ4n) is 2.56. The molecule has 1 aliphatic heterocycles. The Morgan fingerprint density at radius 3 is 2.40 bits per heavy atom. The van der Waals surface area contributed by atoms with Crippen LogP contribution in [0.4, 0.5) is 0 Å². The van der Waals surface area contributed by atoms with E-state index < -0.39 is 0 Å². The van der Waals surface area contributed by atoms with Crippen LogP contribution in [0.2, 0.25) is 0 Å². The Balaban J connectivity index is 2.07. The lowest BCUT2D eigenvalue weighted by Gasteiger charge is -2.28. The van der Waals surface area contributed by atoms with E-state index in [4.69, 9.17) is 0 Å². The predicted octanol–water partition coefficient (Wildman–Crippen LogP) is 1.88. The van der Waals surface area contributed by atoms with Gasteiger partial charge < -0.3 is 0 Å². The molecule has 0 aromatic rings. The largest absolute Gasteiger partial charge is 0.275 e. The first-order chi connectivity index (χ1) is 7.02. The lowest BCUT2D eigenvalue weighted by atomic mass is 9.88. The molecule has 15 heavy (non-hydrogen) atoms. The number of hydrogen-bond donors (Lipinski definition) is 0. The highest BCUT2D eigenvalue weighted by Crippen LogP contribution is 2.38. The molecule has 2 aliphatic rings. The maximum absolute atomic E-state index is 11.7. The second kappa shape index (κ2) is 3.47. The molecule has 0 atom stereocenters. The molecule has 3 nitrogen and oxygen atoms in total. The van der Waals surface area contributed by atoms with E-state index in [9.17, 15) is 9.59 Å². The third kappa shape index (κ3) is 1.83. The van der Waals surface area contributed by atoms with Gasteiger partial charge in [0.1, 0.15) is 0 Å². The van der Waals surface area contributed by atoms with Crippen LogP contribution in [-0.2, 0) is 9.59 Å². The van der Waals surface area contributed by atoms with E-state index in [1.807, 2.05) is 0 Å². The predicted molar refractivity (Wildman–Crippen MR) is 57.1 cm³/mol. The van der Waals surface area contributed by atoms with E-state index in [-0.39, 0.29) is 17.2 Å². The first-order valence-electron chi connectivity index (χ1n) is 5.56. The maximum atomic E-state index is 11.7. The van der Waals surface area contributed by atoms with Crippen molar-refractivity contribution < 1.29 is 9.59 Å². The Labute approximate surface area is 90.1 Å². The summed E-state index contributed by atoms with van der Waals surface area (Å²) in [6.45, 7) is 4.48. The molecule has 0 N–H and O–H groups in total. The fraction of sp³-hybridized carbons (Fsp3) is 0.667. The summed E-state index contributed by atoms with van der Waals surface area (Å²) >= 11 is 0. The van der Waals surface area contributed by atoms with Crippen molar-refractivity contribution in [2.75, 3.05) is 6.54 Å². The number of carbonyl (C=O) groups excluding carboxylic acids is 2. The molecule has 1 heterocycles. The van der Waals surface area contributed by atoms with Crippen LogP contribution in [0.25, 0.3) is 0 Å². The molecular formula is C12H17NO2. The van der Waals surface area contributed by atoms with Crippen LogP contribution in [0.1, 0.15) is 39.5 Å². The van der Waals surface area contributed by atoms with Gasteiger partial charge in [0.15, 0.2) is 0 Å². The van der Waals surface area contributed by atoms with Crippen molar-refractivity contribution >= 4 is 11.8 Å². The lowest BCUT2D eigenvalue weighted by Crippen LogP contribution is -2.39. The fourth-order valence-corrected chi connectivity index (χ4v) is 2.56. The highest BCUT2D eigenvalue weighted by Gasteiger charge is 2.37. The summed E-state index contributed by atoms with van der Waals surface area (Å²) in [6, 6.07) is 0. The number of amides is 2. The highest BCUT2D eigenvalue weighted by atomic mass is 16.2. The van der Waals surface area contributed by atoms with Crippen LogP contribution in [0.3, 0.4) is 0 Å². The molecule has 2 amide bonds. The molecule has 0 spiro atoms. The van der Waals surface area contributed by atoms with Crippen molar-refractivity contribution in [3.05, 3.63) is 11.6 Å². The molecule has 0 bridgehead atoms. The van der Waals surface area contributed by atoms with Crippen LogP contribution >= 0.6 is 0 Å². The minimum atomic E-state index is -0.134. The molecule has 0 aromatic carbocycles. The van der Waals surface area contributed by atoms with Crippen LogP contribution < -0.4 is 0 Å². The molecule has 3 heteroatoms. The molecular weight excluding hydrogens is 190 g/mol. The van der Waals surface area contributed by atoms with Crippen molar-refractivity contribution in [1.82, 2.24) is 4.90 Å². The molecule has 1 saturated carbocycles. The zero-order valence-corrected chi connectivity index (χ0v) is 9.38. The molecule has 0 unspecified atom stereocenters. The molecule has 2 rings (SSSR count). The maximum Gasteiger partial charge on any atom is 0.256 e. The van der Waals surface area contributed by atoms with Gasteiger partial charge in [-0.2, -0.15) is 0 Å². The normalized spacial score (nSPS) is 24.9. The van der Waals surface area contributed by atoms with Gasteiger partial charge >= 0.3 is 0 Å². The van der Waals surface area contributed by atoms with Gasteiger partial charge in [-0.1, -0.05) is 19.8 Å². The number of rotatable bonds is 2. The summed E-state index contributed by atoms with van der Waals surface area (Å²) in [5.74, 6) is -0.237. The van der Waals surface area contributed by atoms with Gasteiger partial charge in [0, 0.05) is 18.2 Å². The molecule has 82 valence electrons. The Morgan fingerprint density at radius 1 is 1.33 bits per heavy atom. The summed E-state index contributed by atoms with van der Waals surface area (Å²) in [4.78, 5) is 24.6.